The molecule has 2 aromatic rings. The van der Waals surface area contributed by atoms with Crippen molar-refractivity contribution in [1.82, 2.24) is 15.5 Å². The topological polar surface area (TPSA) is 51.0 Å². The SMILES string of the molecule is Cl.Clc1ccccc1Cc1noc(CNCC2CC2)n1. The molecule has 1 heterocycles. The van der Waals surface area contributed by atoms with Gasteiger partial charge in [-0.1, -0.05) is 35.0 Å². The summed E-state index contributed by atoms with van der Waals surface area (Å²) in [5.41, 5.74) is 1.02. The lowest BCUT2D eigenvalue weighted by atomic mass is 10.1. The van der Waals surface area contributed by atoms with E-state index in [9.17, 15) is 0 Å². The van der Waals surface area contributed by atoms with Gasteiger partial charge in [0, 0.05) is 11.4 Å². The smallest absolute Gasteiger partial charge is 0.240 e. The molecule has 0 radical (unpaired) electrons. The van der Waals surface area contributed by atoms with Crippen LogP contribution in [0.2, 0.25) is 5.02 Å². The first-order valence-electron chi connectivity index (χ1n) is 6.57. The highest BCUT2D eigenvalue weighted by Gasteiger charge is 2.20. The zero-order chi connectivity index (χ0) is 13.1. The molecule has 0 atom stereocenters. The molecule has 1 aliphatic carbocycles. The number of hydrogen-bond acceptors (Lipinski definition) is 4. The van der Waals surface area contributed by atoms with Gasteiger partial charge in [0.05, 0.1) is 6.54 Å². The third kappa shape index (κ3) is 4.20. The van der Waals surface area contributed by atoms with Crippen LogP contribution in [0.4, 0.5) is 0 Å². The molecule has 0 spiro atoms. The zero-order valence-corrected chi connectivity index (χ0v) is 12.6. The average Bonchev–Trinajstić information content (AvgIpc) is 3.12. The molecule has 3 rings (SSSR count). The maximum absolute atomic E-state index is 6.11. The molecule has 6 heteroatoms. The van der Waals surface area contributed by atoms with E-state index in [-0.39, 0.29) is 12.4 Å². The molecule has 0 unspecified atom stereocenters. The Balaban J connectivity index is 0.00000147. The van der Waals surface area contributed by atoms with Gasteiger partial charge in [-0.3, -0.25) is 0 Å². The van der Waals surface area contributed by atoms with Crippen LogP contribution in [0.25, 0.3) is 0 Å². The van der Waals surface area contributed by atoms with Crippen molar-refractivity contribution in [3.05, 3.63) is 46.6 Å². The van der Waals surface area contributed by atoms with E-state index in [0.717, 1.165) is 23.0 Å². The fourth-order valence-electron chi connectivity index (χ4n) is 1.95. The summed E-state index contributed by atoms with van der Waals surface area (Å²) in [6.45, 7) is 1.69. The summed E-state index contributed by atoms with van der Waals surface area (Å²) in [6, 6.07) is 7.72. The molecule has 0 aliphatic heterocycles. The summed E-state index contributed by atoms with van der Waals surface area (Å²) in [6.07, 6.45) is 3.29. The van der Waals surface area contributed by atoms with E-state index in [4.69, 9.17) is 16.1 Å². The van der Waals surface area contributed by atoms with Crippen LogP contribution in [0.15, 0.2) is 28.8 Å². The standard InChI is InChI=1S/C14H16ClN3O.ClH/c15-12-4-2-1-3-11(12)7-13-17-14(19-18-13)9-16-8-10-5-6-10;/h1-4,10,16H,5-9H2;1H. The van der Waals surface area contributed by atoms with Gasteiger partial charge in [-0.25, -0.2) is 0 Å². The maximum Gasteiger partial charge on any atom is 0.240 e. The van der Waals surface area contributed by atoms with Crippen molar-refractivity contribution in [1.29, 1.82) is 0 Å². The monoisotopic (exact) mass is 313 g/mol. The van der Waals surface area contributed by atoms with Crippen LogP contribution in [-0.4, -0.2) is 16.7 Å². The van der Waals surface area contributed by atoms with Gasteiger partial charge in [-0.2, -0.15) is 4.98 Å². The molecule has 0 saturated heterocycles. The molecular weight excluding hydrogens is 297 g/mol. The molecule has 1 fully saturated rings. The quantitative estimate of drug-likeness (QED) is 0.889. The summed E-state index contributed by atoms with van der Waals surface area (Å²) < 4.78 is 5.21. The predicted molar refractivity (Wildman–Crippen MR) is 80.2 cm³/mol. The summed E-state index contributed by atoms with van der Waals surface area (Å²) in [7, 11) is 0. The van der Waals surface area contributed by atoms with E-state index in [1.165, 1.54) is 12.8 Å². The van der Waals surface area contributed by atoms with Crippen molar-refractivity contribution in [2.45, 2.75) is 25.8 Å². The zero-order valence-electron chi connectivity index (χ0n) is 11.0. The highest BCUT2D eigenvalue weighted by molar-refractivity contribution is 6.31. The number of nitrogens with zero attached hydrogens (tertiary/aromatic N) is 2. The van der Waals surface area contributed by atoms with Crippen LogP contribution in [0.1, 0.15) is 30.1 Å². The Hall–Kier alpha value is -1.10. The number of hydrogen-bond donors (Lipinski definition) is 1. The third-order valence-electron chi connectivity index (χ3n) is 3.22. The fourth-order valence-corrected chi connectivity index (χ4v) is 2.15. The minimum absolute atomic E-state index is 0. The van der Waals surface area contributed by atoms with Gasteiger partial charge in [0.1, 0.15) is 0 Å². The predicted octanol–water partition coefficient (Wildman–Crippen LogP) is 3.24. The van der Waals surface area contributed by atoms with Gasteiger partial charge >= 0.3 is 0 Å². The summed E-state index contributed by atoms with van der Waals surface area (Å²) in [5, 5.41) is 8.05. The van der Waals surface area contributed by atoms with Gasteiger partial charge in [-0.15, -0.1) is 12.4 Å². The lowest BCUT2D eigenvalue weighted by molar-refractivity contribution is 0.362. The fraction of sp³-hybridized carbons (Fsp3) is 0.429. The largest absolute Gasteiger partial charge is 0.338 e. The molecule has 1 aromatic heterocycles. The van der Waals surface area contributed by atoms with Crippen LogP contribution in [0, 0.1) is 5.92 Å². The van der Waals surface area contributed by atoms with Gasteiger partial charge in [0.2, 0.25) is 5.89 Å². The molecule has 1 saturated carbocycles. The van der Waals surface area contributed by atoms with Crippen LogP contribution in [-0.2, 0) is 13.0 Å². The lowest BCUT2D eigenvalue weighted by Gasteiger charge is -1.99. The average molecular weight is 314 g/mol. The number of rotatable bonds is 6. The molecule has 1 N–H and O–H groups in total. The van der Waals surface area contributed by atoms with E-state index in [0.29, 0.717) is 24.7 Å². The van der Waals surface area contributed by atoms with E-state index in [1.54, 1.807) is 0 Å². The highest BCUT2D eigenvalue weighted by atomic mass is 35.5. The van der Waals surface area contributed by atoms with E-state index in [2.05, 4.69) is 15.5 Å². The minimum atomic E-state index is 0. The number of nitrogens with one attached hydrogen (secondary N) is 1. The van der Waals surface area contributed by atoms with Crippen molar-refractivity contribution < 1.29 is 4.52 Å². The van der Waals surface area contributed by atoms with Crippen molar-refractivity contribution in [3.8, 4) is 0 Å². The molecule has 0 bridgehead atoms. The summed E-state index contributed by atoms with van der Waals surface area (Å²) in [4.78, 5) is 4.36. The second-order valence-corrected chi connectivity index (χ2v) is 5.35. The molecular formula is C14H17Cl2N3O. The van der Waals surface area contributed by atoms with E-state index < -0.39 is 0 Å². The van der Waals surface area contributed by atoms with E-state index >= 15 is 0 Å². The third-order valence-corrected chi connectivity index (χ3v) is 3.59. The molecule has 108 valence electrons. The first-order chi connectivity index (χ1) is 9.31. The summed E-state index contributed by atoms with van der Waals surface area (Å²) >= 11 is 6.11. The second-order valence-electron chi connectivity index (χ2n) is 4.95. The van der Waals surface area contributed by atoms with Crippen LogP contribution >= 0.6 is 24.0 Å². The Bertz CT molecular complexity index is 555. The lowest BCUT2D eigenvalue weighted by Crippen LogP contribution is -2.16. The molecule has 0 amide bonds. The maximum atomic E-state index is 6.11. The summed E-state index contributed by atoms with van der Waals surface area (Å²) in [5.74, 6) is 2.17. The Morgan fingerprint density at radius 2 is 2.10 bits per heavy atom. The number of benzene rings is 1. The Morgan fingerprint density at radius 1 is 1.30 bits per heavy atom. The molecule has 1 aliphatic rings. The van der Waals surface area contributed by atoms with Gasteiger partial charge in [-0.05, 0) is 36.9 Å². The van der Waals surface area contributed by atoms with Crippen molar-refractivity contribution >= 4 is 24.0 Å². The van der Waals surface area contributed by atoms with Crippen LogP contribution in [0.5, 0.6) is 0 Å². The normalized spacial score (nSPS) is 14.1. The Morgan fingerprint density at radius 3 is 2.85 bits per heavy atom. The Kier molecular flexibility index (Phi) is 5.40. The molecule has 4 nitrogen and oxygen atoms in total. The van der Waals surface area contributed by atoms with Crippen molar-refractivity contribution in [3.63, 3.8) is 0 Å². The van der Waals surface area contributed by atoms with Crippen LogP contribution in [0.3, 0.4) is 0 Å². The number of halogens is 2. The van der Waals surface area contributed by atoms with Gasteiger partial charge in [0.15, 0.2) is 5.82 Å². The van der Waals surface area contributed by atoms with Crippen molar-refractivity contribution in [2.75, 3.05) is 6.54 Å². The van der Waals surface area contributed by atoms with Gasteiger partial charge < -0.3 is 9.84 Å². The minimum Gasteiger partial charge on any atom is -0.338 e. The van der Waals surface area contributed by atoms with E-state index in [1.807, 2.05) is 24.3 Å². The van der Waals surface area contributed by atoms with Crippen molar-refractivity contribution in [2.24, 2.45) is 5.92 Å². The first-order valence-corrected chi connectivity index (χ1v) is 6.94. The molecule has 20 heavy (non-hydrogen) atoms. The first kappa shape index (κ1) is 15.3. The van der Waals surface area contributed by atoms with Gasteiger partial charge in [0.25, 0.3) is 0 Å². The second kappa shape index (κ2) is 7.07. The molecule has 1 aromatic carbocycles. The Labute approximate surface area is 129 Å². The number of aromatic nitrogens is 2. The highest BCUT2D eigenvalue weighted by Crippen LogP contribution is 2.27. The van der Waals surface area contributed by atoms with Crippen LogP contribution < -0.4 is 5.32 Å².